The van der Waals surface area contributed by atoms with Crippen molar-refractivity contribution in [2.24, 2.45) is 0 Å². The topological polar surface area (TPSA) is 55.0 Å². The maximum Gasteiger partial charge on any atom is 0.131 e. The van der Waals surface area contributed by atoms with E-state index >= 15 is 0 Å². The lowest BCUT2D eigenvalue weighted by Crippen LogP contribution is -2.19. The molecular formula is C13H16N4. The molecule has 0 saturated heterocycles. The van der Waals surface area contributed by atoms with E-state index in [0.717, 1.165) is 23.5 Å². The van der Waals surface area contributed by atoms with Crippen molar-refractivity contribution >= 4 is 11.5 Å². The molecule has 0 amide bonds. The molecule has 88 valence electrons. The van der Waals surface area contributed by atoms with E-state index in [1.165, 1.54) is 0 Å². The fourth-order valence-corrected chi connectivity index (χ4v) is 1.83. The Balaban J connectivity index is 2.17. The molecule has 0 fully saturated rings. The highest BCUT2D eigenvalue weighted by molar-refractivity contribution is 5.52. The second-order valence-electron chi connectivity index (χ2n) is 4.13. The third-order valence-electron chi connectivity index (χ3n) is 2.58. The van der Waals surface area contributed by atoms with Gasteiger partial charge in [-0.1, -0.05) is 6.07 Å². The molecule has 0 aliphatic heterocycles. The third-order valence-corrected chi connectivity index (χ3v) is 2.58. The Morgan fingerprint density at radius 3 is 2.82 bits per heavy atom. The molecule has 0 bridgehead atoms. The zero-order chi connectivity index (χ0) is 12.3. The Labute approximate surface area is 101 Å². The maximum absolute atomic E-state index is 5.69. The second-order valence-corrected chi connectivity index (χ2v) is 4.13. The van der Waals surface area contributed by atoms with Gasteiger partial charge in [-0.25, -0.2) is 4.98 Å². The van der Waals surface area contributed by atoms with Crippen LogP contribution in [0.2, 0.25) is 0 Å². The van der Waals surface area contributed by atoms with Crippen LogP contribution in [0.25, 0.3) is 0 Å². The molecule has 0 aromatic carbocycles. The third kappa shape index (κ3) is 2.72. The van der Waals surface area contributed by atoms with Gasteiger partial charge in [0.2, 0.25) is 0 Å². The zero-order valence-electron chi connectivity index (χ0n) is 10.1. The first kappa shape index (κ1) is 11.4. The molecule has 4 nitrogen and oxygen atoms in total. The minimum Gasteiger partial charge on any atom is -0.397 e. The number of nitrogens with two attached hydrogens (primary N) is 1. The van der Waals surface area contributed by atoms with Gasteiger partial charge in [-0.15, -0.1) is 0 Å². The van der Waals surface area contributed by atoms with Gasteiger partial charge in [-0.2, -0.15) is 0 Å². The maximum atomic E-state index is 5.69. The Hall–Kier alpha value is -2.10. The van der Waals surface area contributed by atoms with Crippen LogP contribution in [0.5, 0.6) is 0 Å². The summed E-state index contributed by atoms with van der Waals surface area (Å²) in [4.78, 5) is 10.5. The van der Waals surface area contributed by atoms with Crippen molar-refractivity contribution in [2.45, 2.75) is 13.5 Å². The SMILES string of the molecule is Cc1cc(N)cnc1N(C)Cc1cccnc1. The van der Waals surface area contributed by atoms with Crippen LogP contribution in [0.3, 0.4) is 0 Å². The average molecular weight is 228 g/mol. The lowest BCUT2D eigenvalue weighted by atomic mass is 10.2. The summed E-state index contributed by atoms with van der Waals surface area (Å²) in [6.45, 7) is 2.80. The van der Waals surface area contributed by atoms with E-state index in [1.807, 2.05) is 32.3 Å². The van der Waals surface area contributed by atoms with E-state index in [0.29, 0.717) is 5.69 Å². The van der Waals surface area contributed by atoms with Crippen LogP contribution in [0.1, 0.15) is 11.1 Å². The number of aromatic nitrogens is 2. The molecule has 2 rings (SSSR count). The number of aryl methyl sites for hydroxylation is 1. The lowest BCUT2D eigenvalue weighted by molar-refractivity contribution is 0.885. The van der Waals surface area contributed by atoms with Crippen molar-refractivity contribution < 1.29 is 0 Å². The van der Waals surface area contributed by atoms with Gasteiger partial charge in [0.15, 0.2) is 0 Å². The van der Waals surface area contributed by atoms with Gasteiger partial charge >= 0.3 is 0 Å². The second kappa shape index (κ2) is 4.82. The van der Waals surface area contributed by atoms with Crippen molar-refractivity contribution in [1.29, 1.82) is 0 Å². The van der Waals surface area contributed by atoms with Gasteiger partial charge < -0.3 is 10.6 Å². The first-order chi connectivity index (χ1) is 8.16. The smallest absolute Gasteiger partial charge is 0.131 e. The van der Waals surface area contributed by atoms with Gasteiger partial charge in [-0.3, -0.25) is 4.98 Å². The summed E-state index contributed by atoms with van der Waals surface area (Å²) < 4.78 is 0. The minimum absolute atomic E-state index is 0.695. The Kier molecular flexibility index (Phi) is 3.23. The normalized spacial score (nSPS) is 10.2. The van der Waals surface area contributed by atoms with Crippen LogP contribution in [0.4, 0.5) is 11.5 Å². The summed E-state index contributed by atoms with van der Waals surface area (Å²) >= 11 is 0. The van der Waals surface area contributed by atoms with Gasteiger partial charge in [0, 0.05) is 26.0 Å². The monoisotopic (exact) mass is 228 g/mol. The predicted molar refractivity (Wildman–Crippen MR) is 69.7 cm³/mol. The molecule has 0 spiro atoms. The van der Waals surface area contributed by atoms with E-state index in [-0.39, 0.29) is 0 Å². The summed E-state index contributed by atoms with van der Waals surface area (Å²) in [5, 5.41) is 0. The van der Waals surface area contributed by atoms with E-state index in [4.69, 9.17) is 5.73 Å². The van der Waals surface area contributed by atoms with Crippen molar-refractivity contribution in [3.05, 3.63) is 47.9 Å². The van der Waals surface area contributed by atoms with Crippen LogP contribution in [0.15, 0.2) is 36.8 Å². The molecule has 2 aromatic rings. The summed E-state index contributed by atoms with van der Waals surface area (Å²) in [7, 11) is 2.01. The fraction of sp³-hybridized carbons (Fsp3) is 0.231. The van der Waals surface area contributed by atoms with Gasteiger partial charge in [0.25, 0.3) is 0 Å². The molecule has 0 unspecified atom stereocenters. The van der Waals surface area contributed by atoms with Crippen molar-refractivity contribution in [2.75, 3.05) is 17.7 Å². The van der Waals surface area contributed by atoms with Gasteiger partial charge in [0.05, 0.1) is 11.9 Å². The molecule has 0 radical (unpaired) electrons. The number of nitrogen functional groups attached to an aromatic ring is 1. The zero-order valence-corrected chi connectivity index (χ0v) is 10.1. The summed E-state index contributed by atoms with van der Waals surface area (Å²) in [6, 6.07) is 5.92. The molecule has 0 aliphatic rings. The summed E-state index contributed by atoms with van der Waals surface area (Å²) in [5.41, 5.74) is 8.62. The summed E-state index contributed by atoms with van der Waals surface area (Å²) in [5.74, 6) is 0.947. The number of nitrogens with zero attached hydrogens (tertiary/aromatic N) is 3. The minimum atomic E-state index is 0.695. The molecule has 17 heavy (non-hydrogen) atoms. The summed E-state index contributed by atoms with van der Waals surface area (Å²) in [6.07, 6.45) is 5.32. The lowest BCUT2D eigenvalue weighted by Gasteiger charge is -2.20. The Morgan fingerprint density at radius 2 is 2.18 bits per heavy atom. The number of pyridine rings is 2. The fourth-order valence-electron chi connectivity index (χ4n) is 1.83. The average Bonchev–Trinajstić information content (AvgIpc) is 2.30. The van der Waals surface area contributed by atoms with Gasteiger partial charge in [0.1, 0.15) is 5.82 Å². The largest absolute Gasteiger partial charge is 0.397 e. The van der Waals surface area contributed by atoms with E-state index in [1.54, 1.807) is 12.4 Å². The van der Waals surface area contributed by atoms with Crippen molar-refractivity contribution in [1.82, 2.24) is 9.97 Å². The first-order valence-electron chi connectivity index (χ1n) is 5.49. The molecule has 4 heteroatoms. The van der Waals surface area contributed by atoms with E-state index in [2.05, 4.69) is 20.9 Å². The van der Waals surface area contributed by atoms with Crippen LogP contribution >= 0.6 is 0 Å². The van der Waals surface area contributed by atoms with Crippen LogP contribution in [-0.2, 0) is 6.54 Å². The number of hydrogen-bond acceptors (Lipinski definition) is 4. The predicted octanol–water partition coefficient (Wildman–Crippen LogP) is 2.00. The molecular weight excluding hydrogens is 212 g/mol. The number of rotatable bonds is 3. The molecule has 0 saturated carbocycles. The van der Waals surface area contributed by atoms with Gasteiger partial charge in [-0.05, 0) is 30.2 Å². The van der Waals surface area contributed by atoms with E-state index in [9.17, 15) is 0 Å². The van der Waals surface area contributed by atoms with Crippen LogP contribution < -0.4 is 10.6 Å². The van der Waals surface area contributed by atoms with Crippen molar-refractivity contribution in [3.8, 4) is 0 Å². The standard InChI is InChI=1S/C13H16N4/c1-10-6-12(14)8-16-13(10)17(2)9-11-4-3-5-15-7-11/h3-8H,9,14H2,1-2H3. The highest BCUT2D eigenvalue weighted by Gasteiger charge is 2.07. The Morgan fingerprint density at radius 1 is 1.35 bits per heavy atom. The first-order valence-corrected chi connectivity index (χ1v) is 5.49. The number of hydrogen-bond donors (Lipinski definition) is 1. The molecule has 0 aliphatic carbocycles. The van der Waals surface area contributed by atoms with Crippen molar-refractivity contribution in [3.63, 3.8) is 0 Å². The molecule has 2 heterocycles. The molecule has 2 N–H and O–H groups in total. The molecule has 0 atom stereocenters. The molecule has 2 aromatic heterocycles. The highest BCUT2D eigenvalue weighted by Crippen LogP contribution is 2.19. The van der Waals surface area contributed by atoms with Crippen LogP contribution in [0, 0.1) is 6.92 Å². The quantitative estimate of drug-likeness (QED) is 0.873. The van der Waals surface area contributed by atoms with E-state index < -0.39 is 0 Å². The number of anilines is 2. The highest BCUT2D eigenvalue weighted by atomic mass is 15.2. The van der Waals surface area contributed by atoms with Crippen LogP contribution in [-0.4, -0.2) is 17.0 Å². The Bertz CT molecular complexity index is 496.